The summed E-state index contributed by atoms with van der Waals surface area (Å²) in [5, 5.41) is 3.09. The Bertz CT molecular complexity index is 318. The lowest BCUT2D eigenvalue weighted by molar-refractivity contribution is 0.809. The highest BCUT2D eigenvalue weighted by Gasteiger charge is 1.94. The summed E-state index contributed by atoms with van der Waals surface area (Å²) in [5.41, 5.74) is 7.67. The van der Waals surface area contributed by atoms with Crippen molar-refractivity contribution in [3.63, 3.8) is 0 Å². The topological polar surface area (TPSA) is 50.9 Å². The van der Waals surface area contributed by atoms with Crippen molar-refractivity contribution in [1.82, 2.24) is 10.3 Å². The van der Waals surface area contributed by atoms with Crippen molar-refractivity contribution in [2.45, 2.75) is 13.3 Å². The summed E-state index contributed by atoms with van der Waals surface area (Å²) in [7, 11) is 1.95. The smallest absolute Gasteiger partial charge is 0.123 e. The van der Waals surface area contributed by atoms with Gasteiger partial charge >= 0.3 is 0 Å². The molecule has 0 saturated heterocycles. The summed E-state index contributed by atoms with van der Waals surface area (Å²) in [4.78, 5) is 4.18. The lowest BCUT2D eigenvalue weighted by atomic mass is 10.2. The molecular weight excluding hydrogens is 174 g/mol. The highest BCUT2D eigenvalue weighted by atomic mass is 14.8. The number of hydrogen-bond acceptors (Lipinski definition) is 3. The second kappa shape index (κ2) is 5.40. The molecule has 0 aliphatic carbocycles. The number of aromatic nitrogens is 1. The predicted molar refractivity (Wildman–Crippen MR) is 61.0 cm³/mol. The molecule has 14 heavy (non-hydrogen) atoms. The van der Waals surface area contributed by atoms with Crippen molar-refractivity contribution >= 4 is 11.9 Å². The van der Waals surface area contributed by atoms with Gasteiger partial charge in [0.15, 0.2) is 0 Å². The number of anilines is 1. The standard InChI is InChI=1S/C11H17N3/c1-9-10(5-3-4-8-13-2)6-7-11(12)14-9/h3,5-7,13H,4,8H2,1-2H3,(H2,12,14). The van der Waals surface area contributed by atoms with Crippen molar-refractivity contribution in [2.24, 2.45) is 0 Å². The number of aryl methyl sites for hydroxylation is 1. The molecule has 76 valence electrons. The third kappa shape index (κ3) is 3.18. The van der Waals surface area contributed by atoms with Crippen LogP contribution in [0.4, 0.5) is 5.82 Å². The number of nitrogens with one attached hydrogen (secondary N) is 1. The third-order valence-electron chi connectivity index (χ3n) is 2.01. The fourth-order valence-electron chi connectivity index (χ4n) is 1.21. The quantitative estimate of drug-likeness (QED) is 0.711. The van der Waals surface area contributed by atoms with E-state index in [2.05, 4.69) is 22.5 Å². The minimum atomic E-state index is 0.579. The van der Waals surface area contributed by atoms with Gasteiger partial charge in [-0.25, -0.2) is 4.98 Å². The zero-order chi connectivity index (χ0) is 10.4. The van der Waals surface area contributed by atoms with Gasteiger partial charge in [0.25, 0.3) is 0 Å². The van der Waals surface area contributed by atoms with Gasteiger partial charge in [-0.1, -0.05) is 12.2 Å². The van der Waals surface area contributed by atoms with Crippen LogP contribution in [0.25, 0.3) is 6.08 Å². The fourth-order valence-corrected chi connectivity index (χ4v) is 1.21. The van der Waals surface area contributed by atoms with Crippen LogP contribution in [0.5, 0.6) is 0 Å². The molecule has 0 aliphatic rings. The molecule has 3 heteroatoms. The van der Waals surface area contributed by atoms with Crippen LogP contribution in [0.15, 0.2) is 18.2 Å². The number of nitrogens with two attached hydrogens (primary N) is 1. The first-order valence-electron chi connectivity index (χ1n) is 4.78. The minimum absolute atomic E-state index is 0.579. The number of nitrogen functional groups attached to an aromatic ring is 1. The minimum Gasteiger partial charge on any atom is -0.384 e. The van der Waals surface area contributed by atoms with E-state index in [4.69, 9.17) is 5.73 Å². The normalized spacial score (nSPS) is 11.0. The van der Waals surface area contributed by atoms with Crippen LogP contribution >= 0.6 is 0 Å². The molecule has 1 aromatic heterocycles. The molecule has 0 saturated carbocycles. The Morgan fingerprint density at radius 3 is 2.93 bits per heavy atom. The summed E-state index contributed by atoms with van der Waals surface area (Å²) in [6.07, 6.45) is 5.25. The van der Waals surface area contributed by atoms with Gasteiger partial charge in [0.1, 0.15) is 5.82 Å². The van der Waals surface area contributed by atoms with Crippen LogP contribution in [0, 0.1) is 6.92 Å². The lowest BCUT2D eigenvalue weighted by Gasteiger charge is -2.00. The molecular formula is C11H17N3. The third-order valence-corrected chi connectivity index (χ3v) is 2.01. The lowest BCUT2D eigenvalue weighted by Crippen LogP contribution is -2.05. The second-order valence-corrected chi connectivity index (χ2v) is 3.21. The molecule has 0 aromatic carbocycles. The van der Waals surface area contributed by atoms with Crippen molar-refractivity contribution < 1.29 is 0 Å². The van der Waals surface area contributed by atoms with E-state index < -0.39 is 0 Å². The highest BCUT2D eigenvalue weighted by Crippen LogP contribution is 2.09. The van der Waals surface area contributed by atoms with Gasteiger partial charge in [0.2, 0.25) is 0 Å². The maximum absolute atomic E-state index is 5.56. The SMILES string of the molecule is CNCCC=Cc1ccc(N)nc1C. The van der Waals surface area contributed by atoms with E-state index in [1.165, 1.54) is 0 Å². The molecule has 1 aromatic rings. The van der Waals surface area contributed by atoms with Gasteiger partial charge in [0.05, 0.1) is 0 Å². The Morgan fingerprint density at radius 1 is 1.50 bits per heavy atom. The van der Waals surface area contributed by atoms with Crippen molar-refractivity contribution in [3.8, 4) is 0 Å². The Balaban J connectivity index is 2.62. The van der Waals surface area contributed by atoms with Gasteiger partial charge in [-0.05, 0) is 44.6 Å². The molecule has 0 fully saturated rings. The molecule has 0 bridgehead atoms. The molecule has 0 atom stereocenters. The van der Waals surface area contributed by atoms with Crippen LogP contribution in [-0.2, 0) is 0 Å². The van der Waals surface area contributed by atoms with E-state index >= 15 is 0 Å². The molecule has 1 heterocycles. The molecule has 0 radical (unpaired) electrons. The predicted octanol–water partition coefficient (Wildman–Crippen LogP) is 1.59. The zero-order valence-electron chi connectivity index (χ0n) is 8.75. The van der Waals surface area contributed by atoms with Crippen LogP contribution in [0.1, 0.15) is 17.7 Å². The van der Waals surface area contributed by atoms with Crippen LogP contribution in [0.2, 0.25) is 0 Å². The summed E-state index contributed by atoms with van der Waals surface area (Å²) in [5.74, 6) is 0.579. The van der Waals surface area contributed by atoms with Crippen LogP contribution in [-0.4, -0.2) is 18.6 Å². The van der Waals surface area contributed by atoms with E-state index in [1.807, 2.05) is 26.1 Å². The van der Waals surface area contributed by atoms with Crippen LogP contribution in [0.3, 0.4) is 0 Å². The van der Waals surface area contributed by atoms with Crippen LogP contribution < -0.4 is 11.1 Å². The average Bonchev–Trinajstić information content (AvgIpc) is 2.15. The summed E-state index contributed by atoms with van der Waals surface area (Å²) in [6.45, 7) is 2.96. The average molecular weight is 191 g/mol. The van der Waals surface area contributed by atoms with Gasteiger partial charge in [-0.15, -0.1) is 0 Å². The summed E-state index contributed by atoms with van der Waals surface area (Å²) < 4.78 is 0. The second-order valence-electron chi connectivity index (χ2n) is 3.21. The number of nitrogens with zero attached hydrogens (tertiary/aromatic N) is 1. The first kappa shape index (κ1) is 10.7. The summed E-state index contributed by atoms with van der Waals surface area (Å²) in [6, 6.07) is 3.82. The van der Waals surface area contributed by atoms with E-state index in [0.29, 0.717) is 5.82 Å². The molecule has 0 unspecified atom stereocenters. The van der Waals surface area contributed by atoms with E-state index in [9.17, 15) is 0 Å². The zero-order valence-corrected chi connectivity index (χ0v) is 8.75. The fraction of sp³-hybridized carbons (Fsp3) is 0.364. The number of hydrogen-bond donors (Lipinski definition) is 2. The van der Waals surface area contributed by atoms with Crippen molar-refractivity contribution in [3.05, 3.63) is 29.5 Å². The molecule has 1 rings (SSSR count). The van der Waals surface area contributed by atoms with Crippen molar-refractivity contribution in [2.75, 3.05) is 19.3 Å². The van der Waals surface area contributed by atoms with E-state index in [1.54, 1.807) is 0 Å². The molecule has 3 N–H and O–H groups in total. The maximum Gasteiger partial charge on any atom is 0.123 e. The first-order chi connectivity index (χ1) is 6.74. The van der Waals surface area contributed by atoms with Gasteiger partial charge < -0.3 is 11.1 Å². The molecule has 0 aliphatic heterocycles. The maximum atomic E-state index is 5.56. The van der Waals surface area contributed by atoms with Gasteiger partial charge in [-0.3, -0.25) is 0 Å². The number of pyridine rings is 1. The Kier molecular flexibility index (Phi) is 4.13. The largest absolute Gasteiger partial charge is 0.384 e. The van der Waals surface area contributed by atoms with Gasteiger partial charge in [0, 0.05) is 5.69 Å². The highest BCUT2D eigenvalue weighted by molar-refractivity contribution is 5.53. The first-order valence-corrected chi connectivity index (χ1v) is 4.78. The molecule has 0 spiro atoms. The molecule has 3 nitrogen and oxygen atoms in total. The van der Waals surface area contributed by atoms with Gasteiger partial charge in [-0.2, -0.15) is 0 Å². The summed E-state index contributed by atoms with van der Waals surface area (Å²) >= 11 is 0. The molecule has 0 amide bonds. The number of rotatable bonds is 4. The van der Waals surface area contributed by atoms with E-state index in [-0.39, 0.29) is 0 Å². The monoisotopic (exact) mass is 191 g/mol. The Labute approximate surface area is 85.0 Å². The van der Waals surface area contributed by atoms with E-state index in [0.717, 1.165) is 24.2 Å². The Hall–Kier alpha value is -1.35. The Morgan fingerprint density at radius 2 is 2.29 bits per heavy atom. The van der Waals surface area contributed by atoms with Crippen molar-refractivity contribution in [1.29, 1.82) is 0 Å².